The van der Waals surface area contributed by atoms with Crippen LogP contribution in [0.2, 0.25) is 5.02 Å². The average molecular weight is 350 g/mol. The highest BCUT2D eigenvalue weighted by molar-refractivity contribution is 6.33. The number of aromatic nitrogens is 2. The molecule has 0 saturated carbocycles. The van der Waals surface area contributed by atoms with Gasteiger partial charge in [0.05, 0.1) is 22.4 Å². The lowest BCUT2D eigenvalue weighted by molar-refractivity contribution is -0.137. The van der Waals surface area contributed by atoms with Crippen LogP contribution in [0.4, 0.5) is 13.2 Å². The van der Waals surface area contributed by atoms with Crippen LogP contribution in [0.1, 0.15) is 35.6 Å². The van der Waals surface area contributed by atoms with E-state index in [1.165, 1.54) is 6.92 Å². The zero-order chi connectivity index (χ0) is 17.4. The largest absolute Gasteiger partial charge is 0.417 e. The van der Waals surface area contributed by atoms with Crippen molar-refractivity contribution in [2.75, 3.05) is 6.54 Å². The van der Waals surface area contributed by atoms with Gasteiger partial charge in [-0.15, -0.1) is 0 Å². The van der Waals surface area contributed by atoms with E-state index in [1.54, 1.807) is 6.92 Å². The van der Waals surface area contributed by atoms with E-state index in [0.29, 0.717) is 12.1 Å². The van der Waals surface area contributed by atoms with E-state index >= 15 is 0 Å². The predicted molar refractivity (Wildman–Crippen MR) is 78.6 cm³/mol. The highest BCUT2D eigenvalue weighted by Crippen LogP contribution is 2.33. The maximum atomic E-state index is 12.9. The fraction of sp³-hybridized carbons (Fsp3) is 0.429. The Balaban J connectivity index is 2.61. The lowest BCUT2D eigenvalue weighted by atomic mass is 10.2. The van der Waals surface area contributed by atoms with Gasteiger partial charge in [0.15, 0.2) is 5.65 Å². The molecule has 1 atom stereocenters. The first-order valence-electron chi connectivity index (χ1n) is 6.89. The van der Waals surface area contributed by atoms with Crippen LogP contribution < -0.4 is 5.32 Å². The summed E-state index contributed by atoms with van der Waals surface area (Å²) in [6.45, 7) is 3.18. The Kier molecular flexibility index (Phi) is 4.86. The zero-order valence-electron chi connectivity index (χ0n) is 12.4. The van der Waals surface area contributed by atoms with Crippen LogP contribution in [0.25, 0.3) is 5.65 Å². The molecule has 23 heavy (non-hydrogen) atoms. The van der Waals surface area contributed by atoms with Crippen LogP contribution in [-0.2, 0) is 12.6 Å². The molecule has 5 nitrogen and oxygen atoms in total. The minimum atomic E-state index is -4.60. The third-order valence-electron chi connectivity index (χ3n) is 3.18. The van der Waals surface area contributed by atoms with Crippen LogP contribution in [-0.4, -0.2) is 33.0 Å². The molecule has 0 bridgehead atoms. The van der Waals surface area contributed by atoms with Gasteiger partial charge in [0.1, 0.15) is 5.69 Å². The molecule has 0 aromatic carbocycles. The van der Waals surface area contributed by atoms with Gasteiger partial charge in [0, 0.05) is 12.7 Å². The van der Waals surface area contributed by atoms with E-state index in [9.17, 15) is 23.1 Å². The van der Waals surface area contributed by atoms with Gasteiger partial charge in [0.25, 0.3) is 5.91 Å². The normalized spacial score (nSPS) is 13.3. The molecule has 0 saturated heterocycles. The Morgan fingerprint density at radius 2 is 2.17 bits per heavy atom. The molecule has 2 aromatic rings. The molecule has 2 heterocycles. The minimum Gasteiger partial charge on any atom is -0.392 e. The van der Waals surface area contributed by atoms with Crippen molar-refractivity contribution in [3.63, 3.8) is 0 Å². The number of nitrogens with one attached hydrogen (secondary N) is 1. The summed E-state index contributed by atoms with van der Waals surface area (Å²) in [7, 11) is 0. The molecule has 0 radical (unpaired) electrons. The van der Waals surface area contributed by atoms with Crippen molar-refractivity contribution in [2.24, 2.45) is 0 Å². The van der Waals surface area contributed by atoms with Gasteiger partial charge >= 0.3 is 6.18 Å². The first-order chi connectivity index (χ1) is 10.6. The molecule has 1 amide bonds. The van der Waals surface area contributed by atoms with Crippen LogP contribution in [0.15, 0.2) is 12.3 Å². The quantitative estimate of drug-likeness (QED) is 0.892. The van der Waals surface area contributed by atoms with E-state index in [1.807, 2.05) is 0 Å². The first kappa shape index (κ1) is 17.6. The van der Waals surface area contributed by atoms with E-state index in [-0.39, 0.29) is 22.9 Å². The molecule has 1 unspecified atom stereocenters. The SMILES string of the molecule is CCc1nc2c(Cl)cc(C(F)(F)F)cn2c1C(=O)NCC(C)O. The van der Waals surface area contributed by atoms with Crippen molar-refractivity contribution in [3.05, 3.63) is 34.2 Å². The van der Waals surface area contributed by atoms with Crippen molar-refractivity contribution in [1.82, 2.24) is 14.7 Å². The second kappa shape index (κ2) is 6.37. The predicted octanol–water partition coefficient (Wildman–Crippen LogP) is 2.68. The fourth-order valence-corrected chi connectivity index (χ4v) is 2.37. The third kappa shape index (κ3) is 3.59. The topological polar surface area (TPSA) is 66.6 Å². The number of aliphatic hydroxyl groups excluding tert-OH is 1. The van der Waals surface area contributed by atoms with Crippen molar-refractivity contribution < 1.29 is 23.1 Å². The molecular weight excluding hydrogens is 335 g/mol. The average Bonchev–Trinajstić information content (AvgIpc) is 2.83. The Labute approximate surface area is 135 Å². The van der Waals surface area contributed by atoms with Crippen LogP contribution in [0.3, 0.4) is 0 Å². The number of amides is 1. The molecule has 9 heteroatoms. The van der Waals surface area contributed by atoms with Gasteiger partial charge in [-0.05, 0) is 19.4 Å². The minimum absolute atomic E-state index is 0.0175. The standard InChI is InChI=1S/C14H15ClF3N3O2/c1-3-10-11(13(23)19-5-7(2)22)21-6-8(14(16,17)18)4-9(15)12(21)20-10/h4,6-7,22H,3,5H2,1-2H3,(H,19,23). The van der Waals surface area contributed by atoms with Crippen molar-refractivity contribution in [3.8, 4) is 0 Å². The monoisotopic (exact) mass is 349 g/mol. The number of carbonyl (C=O) groups is 1. The lowest BCUT2D eigenvalue weighted by Gasteiger charge is -2.11. The Hall–Kier alpha value is -1.80. The van der Waals surface area contributed by atoms with Gasteiger partial charge in [-0.25, -0.2) is 4.98 Å². The third-order valence-corrected chi connectivity index (χ3v) is 3.46. The van der Waals surface area contributed by atoms with E-state index < -0.39 is 23.8 Å². The summed E-state index contributed by atoms with van der Waals surface area (Å²) in [5.41, 5.74) is -0.580. The molecule has 0 fully saturated rings. The summed E-state index contributed by atoms with van der Waals surface area (Å²) in [5, 5.41) is 11.5. The van der Waals surface area contributed by atoms with Crippen LogP contribution in [0, 0.1) is 0 Å². The van der Waals surface area contributed by atoms with Crippen molar-refractivity contribution >= 4 is 23.2 Å². The fourth-order valence-electron chi connectivity index (χ4n) is 2.12. The number of imidazole rings is 1. The van der Waals surface area contributed by atoms with Gasteiger partial charge in [-0.2, -0.15) is 13.2 Å². The second-order valence-electron chi connectivity index (χ2n) is 5.09. The lowest BCUT2D eigenvalue weighted by Crippen LogP contribution is -2.32. The Morgan fingerprint density at radius 3 is 2.70 bits per heavy atom. The number of pyridine rings is 1. The first-order valence-corrected chi connectivity index (χ1v) is 7.26. The van der Waals surface area contributed by atoms with Crippen LogP contribution >= 0.6 is 11.6 Å². The highest BCUT2D eigenvalue weighted by Gasteiger charge is 2.33. The highest BCUT2D eigenvalue weighted by atomic mass is 35.5. The Bertz CT molecular complexity index is 741. The summed E-state index contributed by atoms with van der Waals surface area (Å²) < 4.78 is 39.9. The summed E-state index contributed by atoms with van der Waals surface area (Å²) in [4.78, 5) is 16.4. The Morgan fingerprint density at radius 1 is 1.52 bits per heavy atom. The van der Waals surface area contributed by atoms with Gasteiger partial charge in [-0.3, -0.25) is 9.20 Å². The smallest absolute Gasteiger partial charge is 0.392 e. The van der Waals surface area contributed by atoms with E-state index in [2.05, 4.69) is 10.3 Å². The molecule has 2 aromatic heterocycles. The molecular formula is C14H15ClF3N3O2. The zero-order valence-corrected chi connectivity index (χ0v) is 13.2. The second-order valence-corrected chi connectivity index (χ2v) is 5.49. The number of nitrogens with zero attached hydrogens (tertiary/aromatic N) is 2. The summed E-state index contributed by atoms with van der Waals surface area (Å²) in [6.07, 6.45) is -4.24. The maximum absolute atomic E-state index is 12.9. The molecule has 2 N–H and O–H groups in total. The van der Waals surface area contributed by atoms with E-state index in [0.717, 1.165) is 16.7 Å². The molecule has 126 valence electrons. The molecule has 0 aliphatic rings. The molecule has 0 spiro atoms. The number of hydrogen-bond acceptors (Lipinski definition) is 3. The number of fused-ring (bicyclic) bond motifs is 1. The number of halogens is 4. The molecule has 2 rings (SSSR count). The number of alkyl halides is 3. The summed E-state index contributed by atoms with van der Waals surface area (Å²) in [5.74, 6) is -0.620. The number of aryl methyl sites for hydroxylation is 1. The van der Waals surface area contributed by atoms with Crippen molar-refractivity contribution in [1.29, 1.82) is 0 Å². The summed E-state index contributed by atoms with van der Waals surface area (Å²) in [6, 6.07) is 0.779. The van der Waals surface area contributed by atoms with Gasteiger partial charge in [-0.1, -0.05) is 18.5 Å². The number of aliphatic hydroxyl groups is 1. The van der Waals surface area contributed by atoms with Crippen LogP contribution in [0.5, 0.6) is 0 Å². The van der Waals surface area contributed by atoms with E-state index in [4.69, 9.17) is 11.6 Å². The summed E-state index contributed by atoms with van der Waals surface area (Å²) >= 11 is 5.89. The van der Waals surface area contributed by atoms with Gasteiger partial charge < -0.3 is 10.4 Å². The van der Waals surface area contributed by atoms with Gasteiger partial charge in [0.2, 0.25) is 0 Å². The number of carbonyl (C=O) groups excluding carboxylic acids is 1. The van der Waals surface area contributed by atoms with Crippen molar-refractivity contribution in [2.45, 2.75) is 32.5 Å². The maximum Gasteiger partial charge on any atom is 0.417 e. The number of hydrogen-bond donors (Lipinski definition) is 2. The molecule has 0 aliphatic carbocycles. The molecule has 0 aliphatic heterocycles. The number of rotatable bonds is 4.